The predicted octanol–water partition coefficient (Wildman–Crippen LogP) is 2.17. The largest absolute Gasteiger partial charge is 0.496 e. The van der Waals surface area contributed by atoms with Crippen molar-refractivity contribution in [3.8, 4) is 17.1 Å². The van der Waals surface area contributed by atoms with E-state index in [0.717, 1.165) is 0 Å². The van der Waals surface area contributed by atoms with Crippen molar-refractivity contribution in [1.29, 1.82) is 0 Å². The maximum atomic E-state index is 12.3. The molecule has 10 heteroatoms. The molecular weight excluding hydrogens is 366 g/mol. The molecule has 1 aliphatic rings. The van der Waals surface area contributed by atoms with E-state index in [0.29, 0.717) is 40.4 Å². The van der Waals surface area contributed by atoms with Gasteiger partial charge >= 0.3 is 6.03 Å². The minimum atomic E-state index is -0.492. The monoisotopic (exact) mass is 381 g/mol. The van der Waals surface area contributed by atoms with Gasteiger partial charge in [-0.25, -0.2) is 9.78 Å². The SMILES string of the molecule is COc1ccc(Cl)cc1-c1nc(S[C@@H](C)C(=O)N2CCNC2=O)n[nH]1. The van der Waals surface area contributed by atoms with Crippen molar-refractivity contribution >= 4 is 35.3 Å². The third-order valence-corrected chi connectivity index (χ3v) is 4.82. The number of aromatic amines is 1. The molecule has 1 fully saturated rings. The summed E-state index contributed by atoms with van der Waals surface area (Å²) in [6.07, 6.45) is 0. The molecule has 0 unspecified atom stereocenters. The second-order valence-corrected chi connectivity index (χ2v) is 7.04. The zero-order valence-corrected chi connectivity index (χ0v) is 15.1. The van der Waals surface area contributed by atoms with Crippen molar-refractivity contribution in [1.82, 2.24) is 25.4 Å². The summed E-state index contributed by atoms with van der Waals surface area (Å²) >= 11 is 7.21. The molecule has 1 atom stereocenters. The molecule has 1 saturated heterocycles. The normalized spacial score (nSPS) is 15.2. The standard InChI is InChI=1S/C15H16ClN5O3S/c1-8(13(22)21-6-5-17-15(21)23)25-14-18-12(19-20-14)10-7-9(16)3-4-11(10)24-2/h3-4,7-8H,5-6H2,1-2H3,(H,17,23)(H,18,19,20)/t8-/m0/s1. The number of halogens is 1. The first-order valence-electron chi connectivity index (χ1n) is 7.51. The van der Waals surface area contributed by atoms with Crippen LogP contribution in [-0.4, -0.2) is 57.5 Å². The second-order valence-electron chi connectivity index (χ2n) is 5.29. The molecule has 25 heavy (non-hydrogen) atoms. The summed E-state index contributed by atoms with van der Waals surface area (Å²) in [5.74, 6) is 0.821. The molecule has 2 aromatic rings. The minimum Gasteiger partial charge on any atom is -0.496 e. The van der Waals surface area contributed by atoms with E-state index in [1.54, 1.807) is 32.2 Å². The lowest BCUT2D eigenvalue weighted by molar-refractivity contribution is -0.126. The second kappa shape index (κ2) is 7.32. The van der Waals surface area contributed by atoms with E-state index in [1.807, 2.05) is 0 Å². The highest BCUT2D eigenvalue weighted by atomic mass is 35.5. The number of carbonyl (C=O) groups is 2. The van der Waals surface area contributed by atoms with Gasteiger partial charge in [0.05, 0.1) is 17.9 Å². The highest BCUT2D eigenvalue weighted by Gasteiger charge is 2.30. The highest BCUT2D eigenvalue weighted by Crippen LogP contribution is 2.31. The van der Waals surface area contributed by atoms with Crippen molar-refractivity contribution in [2.75, 3.05) is 20.2 Å². The maximum absolute atomic E-state index is 12.3. The Hall–Kier alpha value is -2.26. The maximum Gasteiger partial charge on any atom is 0.324 e. The Morgan fingerprint density at radius 2 is 2.28 bits per heavy atom. The fourth-order valence-corrected chi connectivity index (χ4v) is 3.35. The molecule has 132 valence electrons. The number of benzene rings is 1. The van der Waals surface area contributed by atoms with Crippen LogP contribution >= 0.6 is 23.4 Å². The van der Waals surface area contributed by atoms with E-state index in [2.05, 4.69) is 20.5 Å². The summed E-state index contributed by atoms with van der Waals surface area (Å²) < 4.78 is 5.30. The van der Waals surface area contributed by atoms with Crippen LogP contribution in [0.25, 0.3) is 11.4 Å². The van der Waals surface area contributed by atoms with Gasteiger partial charge in [0.15, 0.2) is 5.82 Å². The number of H-pyrrole nitrogens is 1. The van der Waals surface area contributed by atoms with E-state index in [4.69, 9.17) is 16.3 Å². The molecule has 8 nitrogen and oxygen atoms in total. The van der Waals surface area contributed by atoms with Crippen LogP contribution < -0.4 is 10.1 Å². The van der Waals surface area contributed by atoms with Gasteiger partial charge in [0.25, 0.3) is 0 Å². The Morgan fingerprint density at radius 1 is 1.48 bits per heavy atom. The Balaban J connectivity index is 1.75. The fraction of sp³-hybridized carbons (Fsp3) is 0.333. The zero-order chi connectivity index (χ0) is 18.0. The number of urea groups is 1. The van der Waals surface area contributed by atoms with Crippen LogP contribution in [0.5, 0.6) is 5.75 Å². The van der Waals surface area contributed by atoms with Crippen molar-refractivity contribution in [2.24, 2.45) is 0 Å². The number of ether oxygens (including phenoxy) is 1. The van der Waals surface area contributed by atoms with Crippen LogP contribution in [0.1, 0.15) is 6.92 Å². The number of hydrogen-bond donors (Lipinski definition) is 2. The van der Waals surface area contributed by atoms with Crippen LogP contribution in [0, 0.1) is 0 Å². The lowest BCUT2D eigenvalue weighted by atomic mass is 10.2. The molecule has 1 aromatic carbocycles. The molecule has 1 aromatic heterocycles. The summed E-state index contributed by atoms with van der Waals surface area (Å²) in [5.41, 5.74) is 0.673. The number of hydrogen-bond acceptors (Lipinski definition) is 6. The van der Waals surface area contributed by atoms with Gasteiger partial charge in [-0.1, -0.05) is 23.4 Å². The fourth-order valence-electron chi connectivity index (χ4n) is 2.39. The van der Waals surface area contributed by atoms with E-state index in [-0.39, 0.29) is 11.9 Å². The first kappa shape index (κ1) is 17.6. The van der Waals surface area contributed by atoms with E-state index in [1.165, 1.54) is 16.7 Å². The summed E-state index contributed by atoms with van der Waals surface area (Å²) in [6.45, 7) is 2.57. The lowest BCUT2D eigenvalue weighted by Gasteiger charge is -2.15. The number of rotatable bonds is 5. The van der Waals surface area contributed by atoms with E-state index >= 15 is 0 Å². The average Bonchev–Trinajstić information content (AvgIpc) is 3.23. The average molecular weight is 382 g/mol. The van der Waals surface area contributed by atoms with Crippen LogP contribution in [0.15, 0.2) is 23.4 Å². The molecule has 1 aliphatic heterocycles. The number of nitrogens with zero attached hydrogens (tertiary/aromatic N) is 3. The third-order valence-electron chi connectivity index (χ3n) is 3.63. The Morgan fingerprint density at radius 3 is 2.96 bits per heavy atom. The molecule has 3 rings (SSSR count). The molecule has 0 saturated carbocycles. The zero-order valence-electron chi connectivity index (χ0n) is 13.6. The topological polar surface area (TPSA) is 100 Å². The molecule has 0 bridgehead atoms. The van der Waals surface area contributed by atoms with Crippen LogP contribution in [-0.2, 0) is 4.79 Å². The summed E-state index contributed by atoms with van der Waals surface area (Å²) in [5, 5.41) is 10.0. The van der Waals surface area contributed by atoms with Gasteiger partial charge in [-0.05, 0) is 25.1 Å². The third kappa shape index (κ3) is 3.72. The number of nitrogens with one attached hydrogen (secondary N) is 2. The molecule has 2 heterocycles. The van der Waals surface area contributed by atoms with Gasteiger partial charge in [0, 0.05) is 18.1 Å². The number of thioether (sulfide) groups is 1. The molecule has 0 spiro atoms. The number of methoxy groups -OCH3 is 1. The van der Waals surface area contributed by atoms with Gasteiger partial charge in [0.1, 0.15) is 5.75 Å². The number of aromatic nitrogens is 3. The quantitative estimate of drug-likeness (QED) is 0.770. The van der Waals surface area contributed by atoms with Crippen molar-refractivity contribution < 1.29 is 14.3 Å². The van der Waals surface area contributed by atoms with Gasteiger partial charge < -0.3 is 10.1 Å². The van der Waals surface area contributed by atoms with Crippen molar-refractivity contribution in [3.05, 3.63) is 23.2 Å². The first-order chi connectivity index (χ1) is 12.0. The molecule has 2 N–H and O–H groups in total. The van der Waals surface area contributed by atoms with Crippen LogP contribution in [0.2, 0.25) is 5.02 Å². The highest BCUT2D eigenvalue weighted by molar-refractivity contribution is 8.00. The summed E-state index contributed by atoms with van der Waals surface area (Å²) in [7, 11) is 1.56. The molecular formula is C15H16ClN5O3S. The number of imide groups is 1. The van der Waals surface area contributed by atoms with Crippen LogP contribution in [0.4, 0.5) is 4.79 Å². The minimum absolute atomic E-state index is 0.272. The van der Waals surface area contributed by atoms with E-state index < -0.39 is 5.25 Å². The lowest BCUT2D eigenvalue weighted by Crippen LogP contribution is -2.38. The van der Waals surface area contributed by atoms with Gasteiger partial charge in [-0.3, -0.25) is 14.8 Å². The summed E-state index contributed by atoms with van der Waals surface area (Å²) in [6, 6.07) is 4.82. The smallest absolute Gasteiger partial charge is 0.324 e. The van der Waals surface area contributed by atoms with Crippen molar-refractivity contribution in [2.45, 2.75) is 17.3 Å². The van der Waals surface area contributed by atoms with Gasteiger partial charge in [-0.15, -0.1) is 5.10 Å². The van der Waals surface area contributed by atoms with Crippen LogP contribution in [0.3, 0.4) is 0 Å². The molecule has 0 radical (unpaired) electrons. The first-order valence-corrected chi connectivity index (χ1v) is 8.77. The van der Waals surface area contributed by atoms with Gasteiger partial charge in [-0.2, -0.15) is 0 Å². The Kier molecular flexibility index (Phi) is 5.14. The summed E-state index contributed by atoms with van der Waals surface area (Å²) in [4.78, 5) is 29.5. The number of carbonyl (C=O) groups excluding carboxylic acids is 2. The Labute approximate surface area is 153 Å². The van der Waals surface area contributed by atoms with Crippen molar-refractivity contribution in [3.63, 3.8) is 0 Å². The number of amides is 3. The molecule has 3 amide bonds. The predicted molar refractivity (Wildman–Crippen MR) is 93.8 cm³/mol. The molecule has 0 aliphatic carbocycles. The van der Waals surface area contributed by atoms with E-state index in [9.17, 15) is 9.59 Å². The Bertz CT molecular complexity index is 812. The van der Waals surface area contributed by atoms with Gasteiger partial charge in [0.2, 0.25) is 11.1 Å².